The number of aryl methyl sites for hydroxylation is 1. The van der Waals surface area contributed by atoms with Crippen LogP contribution in [0.15, 0.2) is 53.8 Å². The molecular weight excluding hydrogens is 683 g/mol. The van der Waals surface area contributed by atoms with E-state index in [1.54, 1.807) is 37.1 Å². The van der Waals surface area contributed by atoms with E-state index in [0.717, 1.165) is 22.7 Å². The Balaban J connectivity index is 1.27. The SMILES string of the molecule is Cc1ncnc(C(O)N2CCC3(CC2)O[C@H](C)c2c3c(=O)n3nc(-c4cccnc4)nc3n2CC(=O)Nc2ccc(C(F)(F)F)cc2Cl)c1O. The molecule has 1 spiro atoms. The molecule has 1 fully saturated rings. The van der Waals surface area contributed by atoms with Gasteiger partial charge in [0.15, 0.2) is 17.8 Å². The minimum Gasteiger partial charge on any atom is -0.504 e. The van der Waals surface area contributed by atoms with Crippen LogP contribution >= 0.6 is 11.6 Å². The lowest BCUT2D eigenvalue weighted by Gasteiger charge is -2.40. The lowest BCUT2D eigenvalue weighted by atomic mass is 9.85. The Morgan fingerprint density at radius 2 is 1.98 bits per heavy atom. The highest BCUT2D eigenvalue weighted by Gasteiger charge is 2.50. The Labute approximate surface area is 286 Å². The van der Waals surface area contributed by atoms with Crippen LogP contribution in [-0.4, -0.2) is 68.2 Å². The molecule has 0 radical (unpaired) electrons. The number of hydrogen-bond donors (Lipinski definition) is 3. The predicted octanol–water partition coefficient (Wildman–Crippen LogP) is 4.14. The van der Waals surface area contributed by atoms with Gasteiger partial charge in [-0.15, -0.1) is 5.10 Å². The Morgan fingerprint density at radius 3 is 2.66 bits per heavy atom. The van der Waals surface area contributed by atoms with Gasteiger partial charge in [0.2, 0.25) is 11.7 Å². The molecule has 0 saturated carbocycles. The normalized spacial score (nSPS) is 18.0. The van der Waals surface area contributed by atoms with Gasteiger partial charge in [0, 0.05) is 31.0 Å². The number of likely N-dealkylation sites (tertiary alicyclic amines) is 1. The molecule has 3 N–H and O–H groups in total. The number of carbonyl (C=O) groups excluding carboxylic acids is 1. The summed E-state index contributed by atoms with van der Waals surface area (Å²) in [6.07, 6.45) is -1.70. The molecule has 2 aliphatic rings. The molecule has 2 aliphatic heterocycles. The smallest absolute Gasteiger partial charge is 0.416 e. The summed E-state index contributed by atoms with van der Waals surface area (Å²) in [5.41, 5.74) is -1.07. The van der Waals surface area contributed by atoms with Gasteiger partial charge in [0.1, 0.15) is 24.2 Å². The van der Waals surface area contributed by atoms with Crippen LogP contribution < -0.4 is 10.9 Å². The van der Waals surface area contributed by atoms with E-state index < -0.39 is 47.7 Å². The highest BCUT2D eigenvalue weighted by atomic mass is 35.5. The molecule has 4 aromatic heterocycles. The number of aromatic nitrogens is 7. The number of nitrogens with zero attached hydrogens (tertiary/aromatic N) is 8. The summed E-state index contributed by atoms with van der Waals surface area (Å²) < 4.78 is 48.8. The molecule has 0 aliphatic carbocycles. The van der Waals surface area contributed by atoms with E-state index in [9.17, 15) is 33.0 Å². The first-order chi connectivity index (χ1) is 23.8. The van der Waals surface area contributed by atoms with Crippen molar-refractivity contribution < 1.29 is 32.9 Å². The Morgan fingerprint density at radius 1 is 1.22 bits per heavy atom. The Kier molecular flexibility index (Phi) is 8.32. The van der Waals surface area contributed by atoms with E-state index in [2.05, 4.69) is 30.4 Å². The maximum Gasteiger partial charge on any atom is 0.416 e. The lowest BCUT2D eigenvalue weighted by Crippen LogP contribution is -2.46. The fourth-order valence-corrected chi connectivity index (χ4v) is 6.85. The third-order valence-electron chi connectivity index (χ3n) is 9.05. The molecule has 2 atom stereocenters. The number of fused-ring (bicyclic) bond motifs is 3. The third-order valence-corrected chi connectivity index (χ3v) is 9.36. The quantitative estimate of drug-likeness (QED) is 0.231. The number of anilines is 1. The summed E-state index contributed by atoms with van der Waals surface area (Å²) in [6, 6.07) is 6.00. The number of amides is 1. The number of nitrogens with one attached hydrogen (secondary N) is 1. The molecule has 1 unspecified atom stereocenters. The fourth-order valence-electron chi connectivity index (χ4n) is 6.62. The molecule has 1 amide bonds. The van der Waals surface area contributed by atoms with Crippen molar-refractivity contribution in [3.05, 3.63) is 92.6 Å². The number of ether oxygens (including phenoxy) is 1. The van der Waals surface area contributed by atoms with Gasteiger partial charge in [-0.25, -0.2) is 9.97 Å². The van der Waals surface area contributed by atoms with Crippen LogP contribution in [0, 0.1) is 6.92 Å². The van der Waals surface area contributed by atoms with Gasteiger partial charge < -0.3 is 24.8 Å². The number of hydrogen-bond acceptors (Lipinski definition) is 11. The first kappa shape index (κ1) is 33.5. The highest BCUT2D eigenvalue weighted by molar-refractivity contribution is 6.33. The number of rotatable bonds is 6. The second-order valence-electron chi connectivity index (χ2n) is 12.1. The topological polar surface area (TPSA) is 173 Å². The first-order valence-electron chi connectivity index (χ1n) is 15.5. The van der Waals surface area contributed by atoms with Crippen molar-refractivity contribution in [2.75, 3.05) is 18.4 Å². The molecular formula is C32H29ClF3N9O5. The zero-order valence-electron chi connectivity index (χ0n) is 26.5. The molecule has 5 aromatic rings. The molecule has 1 saturated heterocycles. The Bertz CT molecular complexity index is 2190. The molecule has 50 heavy (non-hydrogen) atoms. The monoisotopic (exact) mass is 711 g/mol. The van der Waals surface area contributed by atoms with Crippen molar-refractivity contribution in [1.29, 1.82) is 0 Å². The number of aliphatic hydroxyl groups is 1. The fraction of sp³-hybridized carbons (Fsp3) is 0.344. The summed E-state index contributed by atoms with van der Waals surface area (Å²) in [4.78, 5) is 46.3. The van der Waals surface area contributed by atoms with Crippen LogP contribution in [0.4, 0.5) is 18.9 Å². The molecule has 0 bridgehead atoms. The number of halogens is 4. The predicted molar refractivity (Wildman–Crippen MR) is 171 cm³/mol. The van der Waals surface area contributed by atoms with E-state index in [0.29, 0.717) is 17.0 Å². The maximum atomic E-state index is 14.3. The highest BCUT2D eigenvalue weighted by Crippen LogP contribution is 2.49. The molecule has 1 aromatic carbocycles. The van der Waals surface area contributed by atoms with Crippen molar-refractivity contribution in [3.63, 3.8) is 0 Å². The number of piperidine rings is 1. The van der Waals surface area contributed by atoms with Gasteiger partial charge in [-0.1, -0.05) is 11.6 Å². The van der Waals surface area contributed by atoms with Crippen molar-refractivity contribution >= 4 is 29.0 Å². The molecule has 6 heterocycles. The van der Waals surface area contributed by atoms with Crippen LogP contribution in [0.3, 0.4) is 0 Å². The van der Waals surface area contributed by atoms with Crippen molar-refractivity contribution in [2.45, 2.75) is 57.3 Å². The van der Waals surface area contributed by atoms with E-state index in [1.165, 1.54) is 17.1 Å². The van der Waals surface area contributed by atoms with Crippen molar-refractivity contribution in [1.82, 2.24) is 39.0 Å². The lowest BCUT2D eigenvalue weighted by molar-refractivity contribution is -0.137. The average Bonchev–Trinajstić information content (AvgIpc) is 3.65. The van der Waals surface area contributed by atoms with Crippen molar-refractivity contribution in [2.24, 2.45) is 0 Å². The van der Waals surface area contributed by atoms with Gasteiger partial charge in [0.05, 0.1) is 39.3 Å². The van der Waals surface area contributed by atoms with Crippen molar-refractivity contribution in [3.8, 4) is 17.1 Å². The maximum absolute atomic E-state index is 14.3. The van der Waals surface area contributed by atoms with Gasteiger partial charge in [0.25, 0.3) is 5.56 Å². The van der Waals surface area contributed by atoms with Crippen LogP contribution in [0.1, 0.15) is 60.3 Å². The van der Waals surface area contributed by atoms with E-state index in [4.69, 9.17) is 16.3 Å². The zero-order valence-corrected chi connectivity index (χ0v) is 27.3. The summed E-state index contributed by atoms with van der Waals surface area (Å²) >= 11 is 6.12. The number of aromatic hydroxyl groups is 1. The van der Waals surface area contributed by atoms with Gasteiger partial charge >= 0.3 is 6.18 Å². The summed E-state index contributed by atoms with van der Waals surface area (Å²) in [5.74, 6) is -0.653. The number of pyridine rings is 1. The molecule has 18 heteroatoms. The summed E-state index contributed by atoms with van der Waals surface area (Å²) in [7, 11) is 0. The van der Waals surface area contributed by atoms with Gasteiger partial charge in [-0.05, 0) is 57.0 Å². The molecule has 14 nitrogen and oxygen atoms in total. The van der Waals surface area contributed by atoms with E-state index in [1.807, 2.05) is 0 Å². The van der Waals surface area contributed by atoms with E-state index in [-0.39, 0.29) is 65.3 Å². The minimum atomic E-state index is -4.62. The standard InChI is InChI=1S/C32H29ClF3N9O5/c1-16-26(47)24(39-15-38-16)29(49)43-10-7-31(8-11-43)23-25(17(2)50-31)44(14-22(46)40-21-6-5-19(12-20(21)33)32(34,35)36)30-41-27(42-45(30)28(23)48)18-4-3-9-37-13-18/h3-6,9,12-13,15,17,29,47,49H,7-8,10-11,14H2,1-2H3,(H,40,46)/t17-,29?/m1/s1. The average molecular weight is 712 g/mol. The molecule has 7 rings (SSSR count). The largest absolute Gasteiger partial charge is 0.504 e. The Hall–Kier alpha value is -4.97. The summed E-state index contributed by atoms with van der Waals surface area (Å²) in [6.45, 7) is 3.41. The summed E-state index contributed by atoms with van der Waals surface area (Å²) in [5, 5.41) is 28.3. The number of carbonyl (C=O) groups is 1. The molecule has 260 valence electrons. The first-order valence-corrected chi connectivity index (χ1v) is 15.9. The van der Waals surface area contributed by atoms with E-state index >= 15 is 0 Å². The van der Waals surface area contributed by atoms with Crippen LogP contribution in [-0.2, 0) is 27.9 Å². The van der Waals surface area contributed by atoms with Crippen LogP contribution in [0.5, 0.6) is 5.75 Å². The van der Waals surface area contributed by atoms with Gasteiger partial charge in [-0.3, -0.25) is 19.5 Å². The van der Waals surface area contributed by atoms with Gasteiger partial charge in [-0.2, -0.15) is 22.7 Å². The zero-order chi connectivity index (χ0) is 35.5. The third kappa shape index (κ3) is 5.74. The number of alkyl halides is 3. The number of benzene rings is 1. The van der Waals surface area contributed by atoms with Crippen LogP contribution in [0.2, 0.25) is 5.02 Å². The second-order valence-corrected chi connectivity index (χ2v) is 12.5. The van der Waals surface area contributed by atoms with Crippen LogP contribution in [0.25, 0.3) is 17.2 Å². The number of aliphatic hydroxyl groups excluding tert-OH is 1. The minimum absolute atomic E-state index is 0.0347. The second kappa shape index (κ2) is 12.4.